The lowest BCUT2D eigenvalue weighted by Crippen LogP contribution is -2.26. The Morgan fingerprint density at radius 1 is 1.45 bits per heavy atom. The molecule has 4 heteroatoms. The van der Waals surface area contributed by atoms with Crippen molar-refractivity contribution < 1.29 is 14.3 Å². The van der Waals surface area contributed by atoms with Crippen LogP contribution in [0.5, 0.6) is 0 Å². The minimum absolute atomic E-state index is 0.193. The molecule has 0 N–H and O–H groups in total. The van der Waals surface area contributed by atoms with Crippen molar-refractivity contribution in [2.24, 2.45) is 5.92 Å². The molecule has 1 aliphatic rings. The van der Waals surface area contributed by atoms with Crippen LogP contribution in [0.4, 0.5) is 0 Å². The van der Waals surface area contributed by atoms with E-state index >= 15 is 0 Å². The summed E-state index contributed by atoms with van der Waals surface area (Å²) in [4.78, 5) is 21.4. The zero-order chi connectivity index (χ0) is 8.27. The Labute approximate surface area is 69.5 Å². The predicted octanol–water partition coefficient (Wildman–Crippen LogP) is 0.829. The third kappa shape index (κ3) is 2.54. The highest BCUT2D eigenvalue weighted by Crippen LogP contribution is 2.19. The van der Waals surface area contributed by atoms with Crippen LogP contribution in [0.15, 0.2) is 0 Å². The molecular weight excluding hydrogens is 164 g/mol. The van der Waals surface area contributed by atoms with Gasteiger partial charge in [-0.15, -0.1) is 0 Å². The van der Waals surface area contributed by atoms with Gasteiger partial charge in [-0.2, -0.15) is 11.8 Å². The van der Waals surface area contributed by atoms with E-state index in [-0.39, 0.29) is 17.9 Å². The summed E-state index contributed by atoms with van der Waals surface area (Å²) in [5.74, 6) is 0.306. The van der Waals surface area contributed by atoms with E-state index in [9.17, 15) is 9.59 Å². The normalized spacial score (nSPS) is 20.1. The van der Waals surface area contributed by atoms with Crippen molar-refractivity contribution in [3.05, 3.63) is 0 Å². The molecule has 0 spiro atoms. The summed E-state index contributed by atoms with van der Waals surface area (Å²) >= 11 is 1.65. The van der Waals surface area contributed by atoms with Crippen molar-refractivity contribution in [1.82, 2.24) is 0 Å². The van der Waals surface area contributed by atoms with Gasteiger partial charge in [-0.3, -0.25) is 9.59 Å². The maximum atomic E-state index is 10.7. The van der Waals surface area contributed by atoms with Crippen LogP contribution in [0.25, 0.3) is 0 Å². The van der Waals surface area contributed by atoms with Crippen LogP contribution in [0.3, 0.4) is 0 Å². The lowest BCUT2D eigenvalue weighted by atomic mass is 10.0. The molecule has 0 bridgehead atoms. The number of carbonyl (C=O) groups is 2. The molecule has 0 amide bonds. The van der Waals surface area contributed by atoms with Gasteiger partial charge in [-0.25, -0.2) is 0 Å². The molecule has 62 valence electrons. The van der Waals surface area contributed by atoms with Crippen molar-refractivity contribution in [3.63, 3.8) is 0 Å². The fourth-order valence-electron chi connectivity index (χ4n) is 1.11. The zero-order valence-electron chi connectivity index (χ0n) is 6.33. The predicted molar refractivity (Wildman–Crippen MR) is 42.2 cm³/mol. The lowest BCUT2D eigenvalue weighted by molar-refractivity contribution is -0.164. The lowest BCUT2D eigenvalue weighted by Gasteiger charge is -2.17. The highest BCUT2D eigenvalue weighted by molar-refractivity contribution is 7.98. The molecule has 0 saturated carbocycles. The third-order valence-electron chi connectivity index (χ3n) is 1.54. The molecular formula is C7H10O3S. The molecule has 1 heterocycles. The van der Waals surface area contributed by atoms with Gasteiger partial charge in [0.2, 0.25) is 0 Å². The van der Waals surface area contributed by atoms with Crippen LogP contribution in [-0.4, -0.2) is 23.9 Å². The van der Waals surface area contributed by atoms with Crippen LogP contribution in [0.1, 0.15) is 12.8 Å². The minimum atomic E-state index is -0.375. The number of ether oxygens (including phenoxy) is 1. The average Bonchev–Trinajstić information content (AvgIpc) is 1.85. The second-order valence-corrected chi connectivity index (χ2v) is 3.49. The summed E-state index contributed by atoms with van der Waals surface area (Å²) in [7, 11) is 0. The SMILES string of the molecule is CSCC1CC(=O)OC(=O)C1. The molecule has 3 nitrogen and oxygen atoms in total. The van der Waals surface area contributed by atoms with Crippen LogP contribution < -0.4 is 0 Å². The molecule has 0 aromatic rings. The summed E-state index contributed by atoms with van der Waals surface area (Å²) in [6.07, 6.45) is 2.75. The standard InChI is InChI=1S/C7H10O3S/c1-11-4-5-2-6(8)10-7(9)3-5/h5H,2-4H2,1H3. The molecule has 11 heavy (non-hydrogen) atoms. The maximum absolute atomic E-state index is 10.7. The first kappa shape index (κ1) is 8.59. The average molecular weight is 174 g/mol. The Hall–Kier alpha value is -0.510. The molecule has 0 aromatic carbocycles. The van der Waals surface area contributed by atoms with Crippen molar-refractivity contribution in [2.45, 2.75) is 12.8 Å². The third-order valence-corrected chi connectivity index (χ3v) is 2.35. The quantitative estimate of drug-likeness (QED) is 0.459. The highest BCUT2D eigenvalue weighted by Gasteiger charge is 2.26. The van der Waals surface area contributed by atoms with E-state index in [4.69, 9.17) is 0 Å². The number of hydrogen-bond acceptors (Lipinski definition) is 4. The fourth-order valence-corrected chi connectivity index (χ4v) is 1.81. The first-order valence-electron chi connectivity index (χ1n) is 3.45. The van der Waals surface area contributed by atoms with Gasteiger partial charge in [0.05, 0.1) is 12.8 Å². The van der Waals surface area contributed by atoms with Crippen molar-refractivity contribution >= 4 is 23.7 Å². The van der Waals surface area contributed by atoms with Crippen LogP contribution >= 0.6 is 11.8 Å². The Bertz CT molecular complexity index is 163. The van der Waals surface area contributed by atoms with E-state index in [1.54, 1.807) is 11.8 Å². The summed E-state index contributed by atoms with van der Waals surface area (Å²) in [6.45, 7) is 0. The molecule has 1 aliphatic heterocycles. The number of cyclic esters (lactones) is 2. The minimum Gasteiger partial charge on any atom is -0.393 e. The molecule has 1 fully saturated rings. The van der Waals surface area contributed by atoms with Crippen molar-refractivity contribution in [1.29, 1.82) is 0 Å². The second-order valence-electron chi connectivity index (χ2n) is 2.58. The smallest absolute Gasteiger partial charge is 0.313 e. The van der Waals surface area contributed by atoms with Gasteiger partial charge in [0, 0.05) is 0 Å². The largest absolute Gasteiger partial charge is 0.393 e. The monoisotopic (exact) mass is 174 g/mol. The van der Waals surface area contributed by atoms with Crippen LogP contribution in [0.2, 0.25) is 0 Å². The van der Waals surface area contributed by atoms with Gasteiger partial charge >= 0.3 is 11.9 Å². The first-order chi connectivity index (χ1) is 5.22. The number of carbonyl (C=O) groups excluding carboxylic acids is 2. The Morgan fingerprint density at radius 2 is 2.00 bits per heavy atom. The van der Waals surface area contributed by atoms with Crippen molar-refractivity contribution in [2.75, 3.05) is 12.0 Å². The summed E-state index contributed by atoms with van der Waals surface area (Å²) < 4.78 is 4.38. The van der Waals surface area contributed by atoms with Crippen molar-refractivity contribution in [3.8, 4) is 0 Å². The molecule has 0 aromatic heterocycles. The van der Waals surface area contributed by atoms with Gasteiger partial charge in [0.1, 0.15) is 0 Å². The number of thioether (sulfide) groups is 1. The van der Waals surface area contributed by atoms with Gasteiger partial charge in [-0.1, -0.05) is 0 Å². The van der Waals surface area contributed by atoms with Gasteiger partial charge in [-0.05, 0) is 17.9 Å². The molecule has 0 aliphatic carbocycles. The summed E-state index contributed by atoms with van der Waals surface area (Å²) in [5, 5.41) is 0. The van der Waals surface area contributed by atoms with E-state index in [0.29, 0.717) is 12.8 Å². The van der Waals surface area contributed by atoms with E-state index in [0.717, 1.165) is 5.75 Å². The Morgan fingerprint density at radius 3 is 2.45 bits per heavy atom. The number of hydrogen-bond donors (Lipinski definition) is 0. The van der Waals surface area contributed by atoms with Gasteiger partial charge in [0.25, 0.3) is 0 Å². The first-order valence-corrected chi connectivity index (χ1v) is 4.84. The topological polar surface area (TPSA) is 43.4 Å². The molecule has 0 radical (unpaired) electrons. The molecule has 0 unspecified atom stereocenters. The van der Waals surface area contributed by atoms with E-state index in [1.807, 2.05) is 6.26 Å². The molecule has 0 atom stereocenters. The Balaban J connectivity index is 2.43. The van der Waals surface area contributed by atoms with Gasteiger partial charge < -0.3 is 4.74 Å². The Kier molecular flexibility index (Phi) is 2.93. The summed E-state index contributed by atoms with van der Waals surface area (Å²) in [5.41, 5.74) is 0. The van der Waals surface area contributed by atoms with E-state index < -0.39 is 0 Å². The second kappa shape index (κ2) is 3.76. The fraction of sp³-hybridized carbons (Fsp3) is 0.714. The summed E-state index contributed by atoms with van der Waals surface area (Å²) in [6, 6.07) is 0. The van der Waals surface area contributed by atoms with Crippen LogP contribution in [-0.2, 0) is 14.3 Å². The molecule has 1 saturated heterocycles. The van der Waals surface area contributed by atoms with Crippen LogP contribution in [0, 0.1) is 5.92 Å². The van der Waals surface area contributed by atoms with Gasteiger partial charge in [0.15, 0.2) is 0 Å². The maximum Gasteiger partial charge on any atom is 0.313 e. The number of rotatable bonds is 2. The van der Waals surface area contributed by atoms with E-state index in [1.165, 1.54) is 0 Å². The molecule has 1 rings (SSSR count). The highest BCUT2D eigenvalue weighted by atomic mass is 32.2. The van der Waals surface area contributed by atoms with E-state index in [2.05, 4.69) is 4.74 Å². The zero-order valence-corrected chi connectivity index (χ0v) is 7.15. The number of esters is 2.